The van der Waals surface area contributed by atoms with Crippen molar-refractivity contribution < 1.29 is 19.1 Å². The Hall–Kier alpha value is -1.66. The standard InChI is InChI=1S/C17H22ClFN2O3/c1-11(17(24)20-15-9-13(18)5-6-14(15)19)21-8-2-3-12(10-21)4-7-16(22)23/h5-6,9,11-12H,2-4,7-8,10H2,1H3,(H,20,24)(H,22,23). The summed E-state index contributed by atoms with van der Waals surface area (Å²) >= 11 is 5.83. The molecule has 24 heavy (non-hydrogen) atoms. The molecule has 2 atom stereocenters. The number of piperidine rings is 1. The molecule has 1 aromatic rings. The van der Waals surface area contributed by atoms with Crippen molar-refractivity contribution in [1.29, 1.82) is 0 Å². The van der Waals surface area contributed by atoms with E-state index >= 15 is 0 Å². The van der Waals surface area contributed by atoms with Crippen molar-refractivity contribution >= 4 is 29.2 Å². The van der Waals surface area contributed by atoms with Gasteiger partial charge in [-0.3, -0.25) is 14.5 Å². The maximum atomic E-state index is 13.7. The Kier molecular flexibility index (Phi) is 6.57. The zero-order chi connectivity index (χ0) is 17.7. The van der Waals surface area contributed by atoms with Gasteiger partial charge >= 0.3 is 5.97 Å². The molecule has 1 heterocycles. The van der Waals surface area contributed by atoms with Gasteiger partial charge in [0.2, 0.25) is 5.91 Å². The van der Waals surface area contributed by atoms with E-state index in [1.165, 1.54) is 18.2 Å². The van der Waals surface area contributed by atoms with Gasteiger partial charge in [-0.25, -0.2) is 4.39 Å². The maximum Gasteiger partial charge on any atom is 0.303 e. The van der Waals surface area contributed by atoms with Gasteiger partial charge in [-0.05, 0) is 56.8 Å². The highest BCUT2D eigenvalue weighted by Gasteiger charge is 2.28. The van der Waals surface area contributed by atoms with Crippen molar-refractivity contribution in [1.82, 2.24) is 4.90 Å². The predicted octanol–water partition coefficient (Wildman–Crippen LogP) is 3.38. The molecule has 7 heteroatoms. The van der Waals surface area contributed by atoms with E-state index in [1.807, 2.05) is 4.90 Å². The summed E-state index contributed by atoms with van der Waals surface area (Å²) in [6, 6.07) is 3.60. The van der Waals surface area contributed by atoms with Gasteiger partial charge in [0.05, 0.1) is 11.7 Å². The van der Waals surface area contributed by atoms with Crippen molar-refractivity contribution in [3.8, 4) is 0 Å². The summed E-state index contributed by atoms with van der Waals surface area (Å²) in [5.41, 5.74) is 0.0683. The number of hydrogen-bond acceptors (Lipinski definition) is 3. The first-order chi connectivity index (χ1) is 11.4. The highest BCUT2D eigenvalue weighted by atomic mass is 35.5. The number of carbonyl (C=O) groups is 2. The van der Waals surface area contributed by atoms with E-state index in [2.05, 4.69) is 5.32 Å². The second kappa shape index (κ2) is 8.44. The lowest BCUT2D eigenvalue weighted by Crippen LogP contribution is -2.47. The van der Waals surface area contributed by atoms with E-state index < -0.39 is 17.8 Å². The Morgan fingerprint density at radius 2 is 2.25 bits per heavy atom. The van der Waals surface area contributed by atoms with Gasteiger partial charge in [0.25, 0.3) is 0 Å². The monoisotopic (exact) mass is 356 g/mol. The number of hydrogen-bond donors (Lipinski definition) is 2. The Balaban J connectivity index is 1.94. The zero-order valence-electron chi connectivity index (χ0n) is 13.6. The topological polar surface area (TPSA) is 69.6 Å². The quantitative estimate of drug-likeness (QED) is 0.819. The number of carboxylic acids is 1. The van der Waals surface area contributed by atoms with Gasteiger partial charge in [-0.15, -0.1) is 0 Å². The fourth-order valence-corrected chi connectivity index (χ4v) is 3.18. The van der Waals surface area contributed by atoms with Crippen molar-refractivity contribution in [2.45, 2.75) is 38.6 Å². The number of carbonyl (C=O) groups excluding carboxylic acids is 1. The predicted molar refractivity (Wildman–Crippen MR) is 90.7 cm³/mol. The molecule has 5 nitrogen and oxygen atoms in total. The fraction of sp³-hybridized carbons (Fsp3) is 0.529. The normalized spacial score (nSPS) is 19.7. The fourth-order valence-electron chi connectivity index (χ4n) is 3.01. The molecule has 2 unspecified atom stereocenters. The zero-order valence-corrected chi connectivity index (χ0v) is 14.4. The first kappa shape index (κ1) is 18.7. The third-order valence-corrected chi connectivity index (χ3v) is 4.67. The highest BCUT2D eigenvalue weighted by Crippen LogP contribution is 2.24. The van der Waals surface area contributed by atoms with Crippen LogP contribution >= 0.6 is 11.6 Å². The summed E-state index contributed by atoms with van der Waals surface area (Å²) in [6.07, 6.45) is 2.66. The van der Waals surface area contributed by atoms with Crippen LogP contribution in [-0.2, 0) is 9.59 Å². The van der Waals surface area contributed by atoms with Crippen LogP contribution in [-0.4, -0.2) is 41.0 Å². The molecule has 1 fully saturated rings. The molecule has 0 saturated carbocycles. The van der Waals surface area contributed by atoms with Crippen molar-refractivity contribution in [3.63, 3.8) is 0 Å². The minimum absolute atomic E-state index is 0.0683. The van der Waals surface area contributed by atoms with Gasteiger partial charge in [-0.1, -0.05) is 11.6 Å². The molecule has 2 N–H and O–H groups in total. The molecular formula is C17H22ClFN2O3. The number of rotatable bonds is 6. The largest absolute Gasteiger partial charge is 0.481 e. The molecule has 0 aliphatic carbocycles. The van der Waals surface area contributed by atoms with E-state index in [1.54, 1.807) is 6.92 Å². The third kappa shape index (κ3) is 5.18. The average Bonchev–Trinajstić information content (AvgIpc) is 2.55. The van der Waals surface area contributed by atoms with Crippen LogP contribution in [0.4, 0.5) is 10.1 Å². The van der Waals surface area contributed by atoms with Crippen LogP contribution in [0.1, 0.15) is 32.6 Å². The molecule has 1 amide bonds. The summed E-state index contributed by atoms with van der Waals surface area (Å²) in [5.74, 6) is -1.35. The Labute approximate surface area is 145 Å². The van der Waals surface area contributed by atoms with Crippen molar-refractivity contribution in [2.75, 3.05) is 18.4 Å². The lowest BCUT2D eigenvalue weighted by molar-refractivity contribution is -0.137. The molecule has 0 radical (unpaired) electrons. The van der Waals surface area contributed by atoms with E-state index in [0.29, 0.717) is 18.0 Å². The molecular weight excluding hydrogens is 335 g/mol. The maximum absolute atomic E-state index is 13.7. The second-order valence-electron chi connectivity index (χ2n) is 6.22. The van der Waals surface area contributed by atoms with Gasteiger partial charge < -0.3 is 10.4 Å². The van der Waals surface area contributed by atoms with Crippen LogP contribution in [0.15, 0.2) is 18.2 Å². The number of likely N-dealkylation sites (tertiary alicyclic amines) is 1. The number of carboxylic acid groups (broad SMARTS) is 1. The number of nitrogens with zero attached hydrogens (tertiary/aromatic N) is 1. The van der Waals surface area contributed by atoms with Crippen molar-refractivity contribution in [2.24, 2.45) is 5.92 Å². The Morgan fingerprint density at radius 3 is 2.96 bits per heavy atom. The highest BCUT2D eigenvalue weighted by molar-refractivity contribution is 6.30. The summed E-state index contributed by atoms with van der Waals surface area (Å²) in [6.45, 7) is 3.23. The van der Waals surface area contributed by atoms with Crippen LogP contribution in [0, 0.1) is 11.7 Å². The number of anilines is 1. The molecule has 0 spiro atoms. The molecule has 2 rings (SSSR count). The lowest BCUT2D eigenvalue weighted by atomic mass is 9.92. The molecule has 132 valence electrons. The van der Waals surface area contributed by atoms with Gasteiger partial charge in [0.1, 0.15) is 5.82 Å². The molecule has 1 saturated heterocycles. The Bertz CT molecular complexity index is 611. The minimum atomic E-state index is -0.797. The molecule has 0 aromatic heterocycles. The number of halogens is 2. The first-order valence-electron chi connectivity index (χ1n) is 8.08. The van der Waals surface area contributed by atoms with Gasteiger partial charge in [0.15, 0.2) is 0 Å². The minimum Gasteiger partial charge on any atom is -0.481 e. The molecule has 0 bridgehead atoms. The van der Waals surface area contributed by atoms with Crippen LogP contribution in [0.25, 0.3) is 0 Å². The molecule has 1 aromatic carbocycles. The average molecular weight is 357 g/mol. The summed E-state index contributed by atoms with van der Waals surface area (Å²) in [7, 11) is 0. The van der Waals surface area contributed by atoms with Crippen molar-refractivity contribution in [3.05, 3.63) is 29.0 Å². The first-order valence-corrected chi connectivity index (χ1v) is 8.46. The van der Waals surface area contributed by atoms with E-state index in [-0.39, 0.29) is 23.9 Å². The second-order valence-corrected chi connectivity index (χ2v) is 6.66. The smallest absolute Gasteiger partial charge is 0.303 e. The Morgan fingerprint density at radius 1 is 1.50 bits per heavy atom. The molecule has 1 aliphatic heterocycles. The third-order valence-electron chi connectivity index (χ3n) is 4.43. The SMILES string of the molecule is CC(C(=O)Nc1cc(Cl)ccc1F)N1CCCC(CCC(=O)O)C1. The van der Waals surface area contributed by atoms with Crippen LogP contribution in [0.5, 0.6) is 0 Å². The summed E-state index contributed by atoms with van der Waals surface area (Å²) in [5, 5.41) is 11.7. The van der Waals surface area contributed by atoms with Crippen LogP contribution in [0.2, 0.25) is 5.02 Å². The molecule has 1 aliphatic rings. The summed E-state index contributed by atoms with van der Waals surface area (Å²) < 4.78 is 13.7. The van der Waals surface area contributed by atoms with E-state index in [9.17, 15) is 14.0 Å². The van der Waals surface area contributed by atoms with Crippen LogP contribution < -0.4 is 5.32 Å². The lowest BCUT2D eigenvalue weighted by Gasteiger charge is -2.36. The number of nitrogens with one attached hydrogen (secondary N) is 1. The van der Waals surface area contributed by atoms with E-state index in [0.717, 1.165) is 19.4 Å². The van der Waals surface area contributed by atoms with Gasteiger partial charge in [0, 0.05) is 18.0 Å². The number of amides is 1. The van der Waals surface area contributed by atoms with Gasteiger partial charge in [-0.2, -0.15) is 0 Å². The van der Waals surface area contributed by atoms with Crippen LogP contribution in [0.3, 0.4) is 0 Å². The van der Waals surface area contributed by atoms with E-state index in [4.69, 9.17) is 16.7 Å². The number of aliphatic carboxylic acids is 1. The summed E-state index contributed by atoms with van der Waals surface area (Å²) in [4.78, 5) is 25.1. The number of benzene rings is 1.